The molecule has 0 bridgehead atoms. The summed E-state index contributed by atoms with van der Waals surface area (Å²) in [6.07, 6.45) is 7.95. The summed E-state index contributed by atoms with van der Waals surface area (Å²) in [5.74, 6) is 1.09. The Morgan fingerprint density at radius 2 is 1.83 bits per heavy atom. The van der Waals surface area contributed by atoms with Gasteiger partial charge in [-0.2, -0.15) is 0 Å². The number of hydrogen-bond acceptors (Lipinski definition) is 1. The Morgan fingerprint density at radius 3 is 2.50 bits per heavy atom. The van der Waals surface area contributed by atoms with Crippen LogP contribution >= 0.6 is 0 Å². The van der Waals surface area contributed by atoms with Crippen LogP contribution in [0.25, 0.3) is 0 Å². The minimum atomic E-state index is 0.421. The van der Waals surface area contributed by atoms with Gasteiger partial charge in [-0.15, -0.1) is 0 Å². The molecule has 0 aromatic heterocycles. The van der Waals surface area contributed by atoms with Crippen molar-refractivity contribution < 1.29 is 4.79 Å². The first-order chi connectivity index (χ1) is 8.65. The molecule has 0 saturated heterocycles. The molecule has 0 unspecified atom stereocenters. The van der Waals surface area contributed by atoms with Gasteiger partial charge in [0.15, 0.2) is 0 Å². The van der Waals surface area contributed by atoms with Gasteiger partial charge in [-0.05, 0) is 36.5 Å². The molecule has 98 valence electrons. The Morgan fingerprint density at radius 1 is 1.11 bits per heavy atom. The van der Waals surface area contributed by atoms with Crippen LogP contribution in [0.2, 0.25) is 0 Å². The van der Waals surface area contributed by atoms with E-state index in [0.29, 0.717) is 18.1 Å². The molecule has 1 aromatic carbocycles. The van der Waals surface area contributed by atoms with Crippen molar-refractivity contribution in [2.45, 2.75) is 58.8 Å². The molecule has 0 N–H and O–H groups in total. The van der Waals surface area contributed by atoms with Crippen molar-refractivity contribution in [1.82, 2.24) is 0 Å². The smallest absolute Gasteiger partial charge is 0.137 e. The van der Waals surface area contributed by atoms with E-state index in [1.54, 1.807) is 0 Å². The zero-order valence-corrected chi connectivity index (χ0v) is 11.7. The molecule has 0 aliphatic heterocycles. The fraction of sp³-hybridized carbons (Fsp3) is 0.588. The number of ketones is 1. The number of aryl methyl sites for hydroxylation is 2. The third-order valence-corrected chi connectivity index (χ3v) is 4.21. The second-order valence-corrected chi connectivity index (χ2v) is 5.84. The van der Waals surface area contributed by atoms with Crippen LogP contribution in [0.15, 0.2) is 18.2 Å². The maximum Gasteiger partial charge on any atom is 0.137 e. The molecule has 1 aliphatic carbocycles. The summed E-state index contributed by atoms with van der Waals surface area (Å²) in [5, 5.41) is 0. The lowest BCUT2D eigenvalue weighted by Crippen LogP contribution is -2.13. The topological polar surface area (TPSA) is 17.1 Å². The van der Waals surface area contributed by atoms with Gasteiger partial charge in [-0.25, -0.2) is 0 Å². The van der Waals surface area contributed by atoms with Gasteiger partial charge in [0, 0.05) is 12.8 Å². The van der Waals surface area contributed by atoms with E-state index in [9.17, 15) is 4.79 Å². The predicted octanol–water partition coefficient (Wildman–Crippen LogP) is 4.39. The van der Waals surface area contributed by atoms with Crippen LogP contribution in [-0.4, -0.2) is 5.78 Å². The van der Waals surface area contributed by atoms with Gasteiger partial charge in [0.25, 0.3) is 0 Å². The van der Waals surface area contributed by atoms with Crippen molar-refractivity contribution in [2.24, 2.45) is 5.92 Å². The van der Waals surface area contributed by atoms with Crippen molar-refractivity contribution in [3.05, 3.63) is 34.9 Å². The van der Waals surface area contributed by atoms with Crippen molar-refractivity contribution in [2.75, 3.05) is 0 Å². The lowest BCUT2D eigenvalue weighted by molar-refractivity contribution is -0.119. The molecule has 1 aliphatic rings. The molecule has 18 heavy (non-hydrogen) atoms. The van der Waals surface area contributed by atoms with E-state index in [-0.39, 0.29) is 0 Å². The fourth-order valence-corrected chi connectivity index (χ4v) is 2.93. The number of Topliss-reactive ketones (excluding diaryl/α,β-unsaturated/α-hetero) is 1. The lowest BCUT2D eigenvalue weighted by Gasteiger charge is -2.20. The third-order valence-electron chi connectivity index (χ3n) is 4.21. The Hall–Kier alpha value is -1.11. The highest BCUT2D eigenvalue weighted by Crippen LogP contribution is 2.26. The molecule has 0 spiro atoms. The average Bonchev–Trinajstić information content (AvgIpc) is 2.35. The van der Waals surface area contributed by atoms with E-state index in [2.05, 4.69) is 32.0 Å². The molecular formula is C17H24O. The van der Waals surface area contributed by atoms with Crippen LogP contribution in [0.4, 0.5) is 0 Å². The Balaban J connectivity index is 1.88. The first-order valence-electron chi connectivity index (χ1n) is 7.23. The highest BCUT2D eigenvalue weighted by atomic mass is 16.1. The highest BCUT2D eigenvalue weighted by Gasteiger charge is 2.17. The Labute approximate surface area is 111 Å². The minimum absolute atomic E-state index is 0.421. The van der Waals surface area contributed by atoms with Gasteiger partial charge in [0.2, 0.25) is 0 Å². The summed E-state index contributed by atoms with van der Waals surface area (Å²) in [5.41, 5.74) is 3.77. The van der Waals surface area contributed by atoms with E-state index >= 15 is 0 Å². The van der Waals surface area contributed by atoms with Crippen LogP contribution < -0.4 is 0 Å². The van der Waals surface area contributed by atoms with Crippen LogP contribution in [0.1, 0.15) is 55.2 Å². The molecular weight excluding hydrogens is 220 g/mol. The molecule has 0 amide bonds. The van der Waals surface area contributed by atoms with Crippen LogP contribution in [0.3, 0.4) is 0 Å². The summed E-state index contributed by atoms with van der Waals surface area (Å²) in [7, 11) is 0. The van der Waals surface area contributed by atoms with Gasteiger partial charge in [0.05, 0.1) is 0 Å². The molecule has 0 atom stereocenters. The zero-order chi connectivity index (χ0) is 13.0. The number of rotatable bonds is 4. The minimum Gasteiger partial charge on any atom is -0.299 e. The zero-order valence-electron chi connectivity index (χ0n) is 11.7. The van der Waals surface area contributed by atoms with Crippen molar-refractivity contribution in [3.8, 4) is 0 Å². The fourth-order valence-electron chi connectivity index (χ4n) is 2.93. The third kappa shape index (κ3) is 3.69. The summed E-state index contributed by atoms with van der Waals surface area (Å²) >= 11 is 0. The molecule has 1 nitrogen and oxygen atoms in total. The number of carbonyl (C=O) groups excluding carboxylic acids is 1. The van der Waals surface area contributed by atoms with Gasteiger partial charge < -0.3 is 0 Å². The van der Waals surface area contributed by atoms with Crippen molar-refractivity contribution in [1.29, 1.82) is 0 Å². The second kappa shape index (κ2) is 6.17. The van der Waals surface area contributed by atoms with Crippen molar-refractivity contribution in [3.63, 3.8) is 0 Å². The quantitative estimate of drug-likeness (QED) is 0.768. The summed E-state index contributed by atoms with van der Waals surface area (Å²) in [4.78, 5) is 12.1. The van der Waals surface area contributed by atoms with E-state index in [1.165, 1.54) is 48.8 Å². The van der Waals surface area contributed by atoms with E-state index < -0.39 is 0 Å². The van der Waals surface area contributed by atoms with Crippen molar-refractivity contribution >= 4 is 5.78 Å². The monoisotopic (exact) mass is 244 g/mol. The largest absolute Gasteiger partial charge is 0.299 e. The molecule has 1 heteroatoms. The van der Waals surface area contributed by atoms with E-state index in [0.717, 1.165) is 6.42 Å². The molecule has 0 heterocycles. The summed E-state index contributed by atoms with van der Waals surface area (Å²) in [6, 6.07) is 6.38. The summed E-state index contributed by atoms with van der Waals surface area (Å²) in [6.45, 7) is 4.23. The number of carbonyl (C=O) groups is 1. The van der Waals surface area contributed by atoms with Crippen LogP contribution in [0, 0.1) is 19.8 Å². The number of benzene rings is 1. The normalized spacial score (nSPS) is 16.8. The van der Waals surface area contributed by atoms with Gasteiger partial charge in [-0.3, -0.25) is 4.79 Å². The lowest BCUT2D eigenvalue weighted by atomic mass is 9.85. The molecule has 0 radical (unpaired) electrons. The molecule has 1 saturated carbocycles. The number of hydrogen-bond donors (Lipinski definition) is 0. The highest BCUT2D eigenvalue weighted by molar-refractivity contribution is 5.81. The predicted molar refractivity (Wildman–Crippen MR) is 75.8 cm³/mol. The second-order valence-electron chi connectivity index (χ2n) is 5.84. The first kappa shape index (κ1) is 13.3. The van der Waals surface area contributed by atoms with E-state index in [1.807, 2.05) is 0 Å². The van der Waals surface area contributed by atoms with Gasteiger partial charge in [-0.1, -0.05) is 50.3 Å². The molecule has 1 fully saturated rings. The Bertz CT molecular complexity index is 414. The van der Waals surface area contributed by atoms with Gasteiger partial charge in [0.1, 0.15) is 5.78 Å². The first-order valence-corrected chi connectivity index (χ1v) is 7.23. The van der Waals surface area contributed by atoms with E-state index in [4.69, 9.17) is 0 Å². The summed E-state index contributed by atoms with van der Waals surface area (Å²) < 4.78 is 0. The van der Waals surface area contributed by atoms with Crippen LogP contribution in [0.5, 0.6) is 0 Å². The molecule has 2 rings (SSSR count). The standard InChI is InChI=1S/C17H24O/c1-13-8-9-16(10-14(13)2)12-17(18)11-15-6-4-3-5-7-15/h8-10,15H,3-7,11-12H2,1-2H3. The van der Waals surface area contributed by atoms with Gasteiger partial charge >= 0.3 is 0 Å². The SMILES string of the molecule is Cc1ccc(CC(=O)CC2CCCCC2)cc1C. The maximum atomic E-state index is 12.1. The Kier molecular flexibility index (Phi) is 4.57. The average molecular weight is 244 g/mol. The van der Waals surface area contributed by atoms with Crippen LogP contribution in [-0.2, 0) is 11.2 Å². The maximum absolute atomic E-state index is 12.1. The molecule has 1 aromatic rings.